The molecule has 0 aliphatic heterocycles. The van der Waals surface area contributed by atoms with Crippen LogP contribution in [0, 0.1) is 6.92 Å². The van der Waals surface area contributed by atoms with Crippen molar-refractivity contribution in [2.45, 2.75) is 19.0 Å². The highest BCUT2D eigenvalue weighted by molar-refractivity contribution is 7.99. The second-order valence-electron chi connectivity index (χ2n) is 7.11. The van der Waals surface area contributed by atoms with Crippen LogP contribution in [0.4, 0.5) is 0 Å². The van der Waals surface area contributed by atoms with Crippen LogP contribution >= 0.6 is 23.4 Å². The van der Waals surface area contributed by atoms with E-state index in [-0.39, 0.29) is 11.7 Å². The maximum atomic E-state index is 12.3. The predicted molar refractivity (Wildman–Crippen MR) is 133 cm³/mol. The lowest BCUT2D eigenvalue weighted by Crippen LogP contribution is -2.19. The van der Waals surface area contributed by atoms with E-state index in [0.717, 1.165) is 22.8 Å². The van der Waals surface area contributed by atoms with Crippen molar-refractivity contribution in [3.63, 3.8) is 0 Å². The second-order valence-corrected chi connectivity index (χ2v) is 8.48. The maximum Gasteiger partial charge on any atom is 0.250 e. The summed E-state index contributed by atoms with van der Waals surface area (Å²) in [6.45, 7) is 4.36. The number of nitrogens with zero attached hydrogens (tertiary/aromatic N) is 4. The van der Waals surface area contributed by atoms with Gasteiger partial charge >= 0.3 is 0 Å². The number of aryl methyl sites for hydroxylation is 1. The number of benzene rings is 2. The van der Waals surface area contributed by atoms with Gasteiger partial charge in [0, 0.05) is 16.3 Å². The quantitative estimate of drug-likeness (QED) is 0.196. The third-order valence-electron chi connectivity index (χ3n) is 4.62. The Morgan fingerprint density at radius 2 is 1.91 bits per heavy atom. The normalized spacial score (nSPS) is 11.1. The fourth-order valence-corrected chi connectivity index (χ4v) is 3.96. The first-order chi connectivity index (χ1) is 16.5. The summed E-state index contributed by atoms with van der Waals surface area (Å²) in [6.07, 6.45) is 1.45. The molecule has 0 radical (unpaired) electrons. The Morgan fingerprint density at radius 1 is 1.15 bits per heavy atom. The van der Waals surface area contributed by atoms with Gasteiger partial charge in [-0.05, 0) is 74.5 Å². The summed E-state index contributed by atoms with van der Waals surface area (Å²) in [6, 6.07) is 18.6. The molecular weight excluding hydrogens is 474 g/mol. The molecule has 2 aromatic heterocycles. The number of hydrazone groups is 1. The van der Waals surface area contributed by atoms with E-state index in [9.17, 15) is 4.79 Å². The Morgan fingerprint density at radius 3 is 2.59 bits per heavy atom. The third kappa shape index (κ3) is 5.86. The minimum absolute atomic E-state index is 0.101. The molecule has 8 nitrogen and oxygen atoms in total. The molecule has 174 valence electrons. The third-order valence-corrected chi connectivity index (χ3v) is 5.80. The van der Waals surface area contributed by atoms with Crippen LogP contribution in [0.3, 0.4) is 0 Å². The molecule has 2 heterocycles. The van der Waals surface area contributed by atoms with Gasteiger partial charge in [-0.2, -0.15) is 5.10 Å². The highest BCUT2D eigenvalue weighted by atomic mass is 35.5. The standard InChI is InChI=1S/C24H22ClN5O3S/c1-3-32-20-12-9-19(10-13-20)30-23(17-5-7-18(25)8-6-17)28-29-24(30)34-15-22(31)27-26-14-21-11-4-16(2)33-21/h4-14H,3,15H2,1-2H3,(H,27,31)/b26-14-. The number of carbonyl (C=O) groups excluding carboxylic acids is 1. The lowest BCUT2D eigenvalue weighted by Gasteiger charge is -2.11. The molecule has 34 heavy (non-hydrogen) atoms. The number of aromatic nitrogens is 3. The Balaban J connectivity index is 1.53. The van der Waals surface area contributed by atoms with E-state index in [1.807, 2.05) is 60.9 Å². The Hall–Kier alpha value is -3.56. The Kier molecular flexibility index (Phi) is 7.66. The van der Waals surface area contributed by atoms with Crippen molar-refractivity contribution in [1.82, 2.24) is 20.2 Å². The van der Waals surface area contributed by atoms with Crippen LogP contribution in [0.2, 0.25) is 5.02 Å². The van der Waals surface area contributed by atoms with Gasteiger partial charge < -0.3 is 9.15 Å². The zero-order valence-electron chi connectivity index (χ0n) is 18.6. The molecule has 0 aliphatic carbocycles. The summed E-state index contributed by atoms with van der Waals surface area (Å²) >= 11 is 7.31. The fraction of sp³-hybridized carbons (Fsp3) is 0.167. The van der Waals surface area contributed by atoms with Crippen molar-refractivity contribution in [2.75, 3.05) is 12.4 Å². The molecule has 0 spiro atoms. The number of hydrogen-bond acceptors (Lipinski definition) is 7. The monoisotopic (exact) mass is 495 g/mol. The van der Waals surface area contributed by atoms with Gasteiger partial charge in [0.15, 0.2) is 11.0 Å². The van der Waals surface area contributed by atoms with Crippen molar-refractivity contribution >= 4 is 35.5 Å². The molecule has 1 amide bonds. The van der Waals surface area contributed by atoms with Crippen LogP contribution in [0.5, 0.6) is 5.75 Å². The highest BCUT2D eigenvalue weighted by Crippen LogP contribution is 2.29. The number of halogens is 1. The summed E-state index contributed by atoms with van der Waals surface area (Å²) in [5.41, 5.74) is 4.19. The molecule has 2 aromatic carbocycles. The van der Waals surface area contributed by atoms with Gasteiger partial charge in [-0.15, -0.1) is 10.2 Å². The lowest BCUT2D eigenvalue weighted by atomic mass is 10.2. The van der Waals surface area contributed by atoms with E-state index < -0.39 is 0 Å². The minimum atomic E-state index is -0.279. The topological polar surface area (TPSA) is 94.5 Å². The van der Waals surface area contributed by atoms with E-state index in [0.29, 0.717) is 28.4 Å². The van der Waals surface area contributed by atoms with Crippen LogP contribution in [0.1, 0.15) is 18.4 Å². The van der Waals surface area contributed by atoms with E-state index in [1.54, 1.807) is 18.2 Å². The van der Waals surface area contributed by atoms with Crippen molar-refractivity contribution in [3.05, 3.63) is 77.2 Å². The molecule has 4 aromatic rings. The summed E-state index contributed by atoms with van der Waals surface area (Å²) in [7, 11) is 0. The predicted octanol–water partition coefficient (Wildman–Crippen LogP) is 5.13. The first-order valence-corrected chi connectivity index (χ1v) is 11.9. The van der Waals surface area contributed by atoms with Crippen molar-refractivity contribution in [1.29, 1.82) is 0 Å². The van der Waals surface area contributed by atoms with E-state index >= 15 is 0 Å². The molecule has 4 rings (SSSR count). The van der Waals surface area contributed by atoms with E-state index in [2.05, 4.69) is 20.7 Å². The van der Waals surface area contributed by atoms with Gasteiger partial charge in [0.1, 0.15) is 17.3 Å². The highest BCUT2D eigenvalue weighted by Gasteiger charge is 2.17. The van der Waals surface area contributed by atoms with Crippen LogP contribution in [-0.2, 0) is 4.79 Å². The summed E-state index contributed by atoms with van der Waals surface area (Å²) in [4.78, 5) is 12.3. The molecule has 0 saturated carbocycles. The van der Waals surface area contributed by atoms with Crippen LogP contribution in [-0.4, -0.2) is 39.2 Å². The summed E-state index contributed by atoms with van der Waals surface area (Å²) in [5, 5.41) is 13.8. The van der Waals surface area contributed by atoms with Gasteiger partial charge in [-0.3, -0.25) is 9.36 Å². The largest absolute Gasteiger partial charge is 0.494 e. The van der Waals surface area contributed by atoms with E-state index in [4.69, 9.17) is 20.8 Å². The molecule has 0 bridgehead atoms. The number of carbonyl (C=O) groups is 1. The number of furan rings is 1. The number of rotatable bonds is 9. The van der Waals surface area contributed by atoms with Crippen molar-refractivity contribution < 1.29 is 13.9 Å². The van der Waals surface area contributed by atoms with Gasteiger partial charge in [-0.1, -0.05) is 23.4 Å². The molecule has 10 heteroatoms. The summed E-state index contributed by atoms with van der Waals surface area (Å²) in [5.74, 6) is 2.56. The van der Waals surface area contributed by atoms with Gasteiger partial charge in [0.25, 0.3) is 5.91 Å². The van der Waals surface area contributed by atoms with Crippen LogP contribution in [0.15, 0.2) is 75.3 Å². The van der Waals surface area contributed by atoms with Crippen LogP contribution in [0.25, 0.3) is 17.1 Å². The zero-order valence-corrected chi connectivity index (χ0v) is 20.1. The van der Waals surface area contributed by atoms with Gasteiger partial charge in [0.05, 0.1) is 18.6 Å². The number of amides is 1. The number of nitrogens with one attached hydrogen (secondary N) is 1. The number of hydrogen-bond donors (Lipinski definition) is 1. The minimum Gasteiger partial charge on any atom is -0.494 e. The molecule has 0 fully saturated rings. The van der Waals surface area contributed by atoms with Gasteiger partial charge in [0.2, 0.25) is 0 Å². The smallest absolute Gasteiger partial charge is 0.250 e. The van der Waals surface area contributed by atoms with Gasteiger partial charge in [-0.25, -0.2) is 5.43 Å². The molecule has 0 unspecified atom stereocenters. The zero-order chi connectivity index (χ0) is 23.9. The second kappa shape index (κ2) is 11.0. The van der Waals surface area contributed by atoms with Crippen molar-refractivity contribution in [2.24, 2.45) is 5.10 Å². The average Bonchev–Trinajstić information content (AvgIpc) is 3.45. The summed E-state index contributed by atoms with van der Waals surface area (Å²) < 4.78 is 12.8. The van der Waals surface area contributed by atoms with Crippen molar-refractivity contribution in [3.8, 4) is 22.8 Å². The number of ether oxygens (including phenoxy) is 1. The Labute approximate surface area is 206 Å². The molecule has 0 saturated heterocycles. The SMILES string of the molecule is CCOc1ccc(-n2c(SCC(=O)N/N=C\c3ccc(C)o3)nnc2-c2ccc(Cl)cc2)cc1. The molecule has 0 aliphatic rings. The van der Waals surface area contributed by atoms with Crippen LogP contribution < -0.4 is 10.2 Å². The molecular formula is C24H22ClN5O3S. The fourth-order valence-electron chi connectivity index (χ4n) is 3.09. The molecule has 0 atom stereocenters. The Bertz CT molecular complexity index is 1280. The average molecular weight is 496 g/mol. The number of thioether (sulfide) groups is 1. The first-order valence-electron chi connectivity index (χ1n) is 10.5. The van der Waals surface area contributed by atoms with E-state index in [1.165, 1.54) is 18.0 Å². The lowest BCUT2D eigenvalue weighted by molar-refractivity contribution is -0.118. The first kappa shape index (κ1) is 23.6. The maximum absolute atomic E-state index is 12.3. The molecule has 1 N–H and O–H groups in total.